The van der Waals surface area contributed by atoms with Crippen molar-refractivity contribution in [1.82, 2.24) is 15.0 Å². The minimum absolute atomic E-state index is 0.0816. The number of ether oxygens (including phenoxy) is 1. The molecule has 9 nitrogen and oxygen atoms in total. The number of sulfone groups is 1. The Morgan fingerprint density at radius 1 is 1.24 bits per heavy atom. The van der Waals surface area contributed by atoms with Gasteiger partial charge in [0, 0.05) is 35.8 Å². The second-order valence-corrected chi connectivity index (χ2v) is 10.8. The van der Waals surface area contributed by atoms with Crippen molar-refractivity contribution < 1.29 is 23.1 Å². The van der Waals surface area contributed by atoms with Crippen LogP contribution in [0.15, 0.2) is 36.7 Å². The summed E-state index contributed by atoms with van der Waals surface area (Å²) in [4.78, 5) is 23.5. The molecule has 0 aliphatic heterocycles. The van der Waals surface area contributed by atoms with Crippen LogP contribution in [0.2, 0.25) is 0 Å². The summed E-state index contributed by atoms with van der Waals surface area (Å²) < 4.78 is 28.7. The van der Waals surface area contributed by atoms with E-state index in [1.807, 2.05) is 30.5 Å². The Morgan fingerprint density at radius 2 is 2.03 bits per heavy atom. The number of carbonyl (C=O) groups is 1. The number of aliphatic carboxylic acids is 1. The van der Waals surface area contributed by atoms with Crippen molar-refractivity contribution in [2.75, 3.05) is 23.9 Å². The molecule has 0 radical (unpaired) electrons. The highest BCUT2D eigenvalue weighted by atomic mass is 32.2. The van der Waals surface area contributed by atoms with E-state index in [2.05, 4.69) is 15.3 Å². The molecule has 1 fully saturated rings. The number of carboxylic acid groups (broad SMARTS) is 1. The van der Waals surface area contributed by atoms with Gasteiger partial charge in [0.05, 0.1) is 29.4 Å². The molecular formula is C23H28N4O5S. The summed E-state index contributed by atoms with van der Waals surface area (Å²) in [5.74, 6) is 0.264. The Balaban J connectivity index is 1.50. The van der Waals surface area contributed by atoms with E-state index < -0.39 is 15.8 Å². The number of anilines is 1. The van der Waals surface area contributed by atoms with Crippen LogP contribution in [0.3, 0.4) is 0 Å². The topological polar surface area (TPSA) is 134 Å². The zero-order chi connectivity index (χ0) is 23.4. The maximum absolute atomic E-state index is 11.4. The number of rotatable bonds is 9. The molecule has 0 saturated heterocycles. The molecule has 0 atom stereocenters. The van der Waals surface area contributed by atoms with Gasteiger partial charge in [0.1, 0.15) is 15.6 Å². The highest BCUT2D eigenvalue weighted by Gasteiger charge is 2.26. The van der Waals surface area contributed by atoms with Gasteiger partial charge in [0.25, 0.3) is 0 Å². The predicted molar refractivity (Wildman–Crippen MR) is 126 cm³/mol. The lowest BCUT2D eigenvalue weighted by Gasteiger charge is -2.26. The van der Waals surface area contributed by atoms with E-state index in [1.165, 1.54) is 6.26 Å². The second-order valence-electron chi connectivity index (χ2n) is 8.51. The van der Waals surface area contributed by atoms with E-state index in [4.69, 9.17) is 9.72 Å². The number of hydrogen-bond donors (Lipinski definition) is 3. The van der Waals surface area contributed by atoms with Crippen LogP contribution in [-0.4, -0.2) is 59.1 Å². The number of H-pyrrole nitrogens is 1. The zero-order valence-corrected chi connectivity index (χ0v) is 19.3. The molecule has 4 rings (SSSR count). The van der Waals surface area contributed by atoms with Gasteiger partial charge < -0.3 is 20.1 Å². The van der Waals surface area contributed by atoms with Gasteiger partial charge in [-0.25, -0.2) is 18.4 Å². The molecule has 1 aliphatic rings. The van der Waals surface area contributed by atoms with Crippen LogP contribution >= 0.6 is 0 Å². The normalized spacial score (nSPS) is 18.8. The highest BCUT2D eigenvalue weighted by molar-refractivity contribution is 7.90. The SMILES string of the molecule is CS(=O)(=O)CCCOc1cccc2[nH]cc(-c3ccnc(NC4CCC(C(=O)O)CC4)n3)c12. The number of aromatic nitrogens is 3. The number of nitrogens with one attached hydrogen (secondary N) is 2. The van der Waals surface area contributed by atoms with Crippen molar-refractivity contribution in [2.24, 2.45) is 5.92 Å². The molecule has 0 unspecified atom stereocenters. The predicted octanol–water partition coefficient (Wildman–Crippen LogP) is 3.49. The van der Waals surface area contributed by atoms with Crippen molar-refractivity contribution >= 4 is 32.7 Å². The molecule has 2 aromatic heterocycles. The molecule has 3 N–H and O–H groups in total. The molecule has 1 aliphatic carbocycles. The largest absolute Gasteiger partial charge is 0.493 e. The summed E-state index contributed by atoms with van der Waals surface area (Å²) >= 11 is 0. The molecule has 1 aromatic carbocycles. The van der Waals surface area contributed by atoms with Crippen molar-refractivity contribution in [2.45, 2.75) is 38.1 Å². The van der Waals surface area contributed by atoms with Crippen molar-refractivity contribution in [1.29, 1.82) is 0 Å². The van der Waals surface area contributed by atoms with Crippen LogP contribution in [-0.2, 0) is 14.6 Å². The third kappa shape index (κ3) is 5.81. The molecule has 33 heavy (non-hydrogen) atoms. The number of fused-ring (bicyclic) bond motifs is 1. The summed E-state index contributed by atoms with van der Waals surface area (Å²) in [6, 6.07) is 7.67. The maximum atomic E-state index is 11.4. The molecule has 0 amide bonds. The van der Waals surface area contributed by atoms with Crippen LogP contribution < -0.4 is 10.1 Å². The first-order valence-corrected chi connectivity index (χ1v) is 13.1. The third-order valence-electron chi connectivity index (χ3n) is 5.93. The van der Waals surface area contributed by atoms with Gasteiger partial charge in [-0.3, -0.25) is 4.79 Å². The van der Waals surface area contributed by atoms with Crippen molar-refractivity contribution in [3.05, 3.63) is 36.7 Å². The van der Waals surface area contributed by atoms with E-state index in [1.54, 1.807) is 6.20 Å². The first kappa shape index (κ1) is 23.0. The van der Waals surface area contributed by atoms with Crippen LogP contribution in [0.1, 0.15) is 32.1 Å². The van der Waals surface area contributed by atoms with Crippen molar-refractivity contribution in [3.8, 4) is 17.0 Å². The van der Waals surface area contributed by atoms with E-state index in [9.17, 15) is 18.3 Å². The Bertz CT molecular complexity index is 1230. The summed E-state index contributed by atoms with van der Waals surface area (Å²) in [6.07, 6.45) is 8.04. The number of nitrogens with zero attached hydrogens (tertiary/aromatic N) is 2. The molecule has 2 heterocycles. The Hall–Kier alpha value is -3.14. The van der Waals surface area contributed by atoms with Gasteiger partial charge in [-0.2, -0.15) is 0 Å². The van der Waals surface area contributed by atoms with Crippen LogP contribution in [0.4, 0.5) is 5.95 Å². The molecular weight excluding hydrogens is 444 g/mol. The summed E-state index contributed by atoms with van der Waals surface area (Å²) in [5, 5.41) is 13.4. The maximum Gasteiger partial charge on any atom is 0.306 e. The summed E-state index contributed by atoms with van der Waals surface area (Å²) in [7, 11) is -3.03. The fraction of sp³-hybridized carbons (Fsp3) is 0.435. The van der Waals surface area contributed by atoms with E-state index in [-0.39, 0.29) is 17.7 Å². The van der Waals surface area contributed by atoms with Crippen LogP contribution in [0.25, 0.3) is 22.2 Å². The fourth-order valence-corrected chi connectivity index (χ4v) is 4.86. The first-order chi connectivity index (χ1) is 15.8. The molecule has 3 aromatic rings. The quantitative estimate of drug-likeness (QED) is 0.403. The third-order valence-corrected chi connectivity index (χ3v) is 6.96. The van der Waals surface area contributed by atoms with Crippen LogP contribution in [0, 0.1) is 5.92 Å². The van der Waals surface area contributed by atoms with E-state index in [0.29, 0.717) is 37.6 Å². The van der Waals surface area contributed by atoms with Crippen LogP contribution in [0.5, 0.6) is 5.75 Å². The Kier molecular flexibility index (Phi) is 6.83. The fourth-order valence-electron chi connectivity index (χ4n) is 4.22. The summed E-state index contributed by atoms with van der Waals surface area (Å²) in [6.45, 7) is 0.298. The molecule has 176 valence electrons. The zero-order valence-electron chi connectivity index (χ0n) is 18.5. The van der Waals surface area contributed by atoms with Gasteiger partial charge >= 0.3 is 5.97 Å². The average Bonchev–Trinajstić information content (AvgIpc) is 3.22. The summed E-state index contributed by atoms with van der Waals surface area (Å²) in [5.41, 5.74) is 2.49. The molecule has 0 spiro atoms. The smallest absolute Gasteiger partial charge is 0.306 e. The van der Waals surface area contributed by atoms with Gasteiger partial charge in [0.15, 0.2) is 0 Å². The van der Waals surface area contributed by atoms with Crippen molar-refractivity contribution in [3.63, 3.8) is 0 Å². The standard InChI is InChI=1S/C23H28N4O5S/c1-33(30,31)13-3-12-32-20-5-2-4-19-21(20)17(14-25-19)18-10-11-24-23(27-18)26-16-8-6-15(7-9-16)22(28)29/h2,4-5,10-11,14-16,25H,3,6-9,12-13H2,1H3,(H,28,29)(H,24,26,27). The number of carboxylic acids is 1. The number of hydrogen-bond acceptors (Lipinski definition) is 7. The minimum atomic E-state index is -3.03. The van der Waals surface area contributed by atoms with Gasteiger partial charge in [-0.05, 0) is 50.3 Å². The molecule has 1 saturated carbocycles. The lowest BCUT2D eigenvalue weighted by atomic mass is 9.86. The first-order valence-electron chi connectivity index (χ1n) is 11.0. The number of aromatic amines is 1. The van der Waals surface area contributed by atoms with E-state index in [0.717, 1.165) is 35.0 Å². The molecule has 0 bridgehead atoms. The highest BCUT2D eigenvalue weighted by Crippen LogP contribution is 2.35. The lowest BCUT2D eigenvalue weighted by molar-refractivity contribution is -0.142. The number of benzene rings is 1. The minimum Gasteiger partial charge on any atom is -0.493 e. The Morgan fingerprint density at radius 3 is 2.76 bits per heavy atom. The lowest BCUT2D eigenvalue weighted by Crippen LogP contribution is -2.29. The van der Waals surface area contributed by atoms with E-state index >= 15 is 0 Å². The second kappa shape index (κ2) is 9.78. The molecule has 10 heteroatoms. The monoisotopic (exact) mass is 472 g/mol. The average molecular weight is 473 g/mol. The Labute approximate surface area is 192 Å². The van der Waals surface area contributed by atoms with Gasteiger partial charge in [0.2, 0.25) is 5.95 Å². The van der Waals surface area contributed by atoms with Gasteiger partial charge in [-0.15, -0.1) is 0 Å². The van der Waals surface area contributed by atoms with Gasteiger partial charge in [-0.1, -0.05) is 6.07 Å².